The van der Waals surface area contributed by atoms with Gasteiger partial charge in [-0.3, -0.25) is 4.79 Å². The first-order valence-corrected chi connectivity index (χ1v) is 8.45. The Bertz CT molecular complexity index is 813. The first kappa shape index (κ1) is 16.4. The molecule has 0 fully saturated rings. The van der Waals surface area contributed by atoms with Crippen molar-refractivity contribution in [3.8, 4) is 0 Å². The Balaban J connectivity index is 1.57. The molecule has 2 heterocycles. The van der Waals surface area contributed by atoms with Crippen molar-refractivity contribution in [1.82, 2.24) is 10.1 Å². The largest absolute Gasteiger partial charge is 0.360 e. The predicted octanol–water partition coefficient (Wildman–Crippen LogP) is 2.86. The van der Waals surface area contributed by atoms with Crippen LogP contribution in [0.25, 0.3) is 0 Å². The van der Waals surface area contributed by atoms with Gasteiger partial charge in [0, 0.05) is 11.4 Å². The summed E-state index contributed by atoms with van der Waals surface area (Å²) in [6.07, 6.45) is 0.901. The predicted molar refractivity (Wildman–Crippen MR) is 92.8 cm³/mol. The molecule has 1 amide bonds. The molecule has 6 nitrogen and oxygen atoms in total. The minimum atomic E-state index is -0.184. The topological polar surface area (TPSA) is 94.0 Å². The highest BCUT2D eigenvalue weighted by molar-refractivity contribution is 7.09. The summed E-state index contributed by atoms with van der Waals surface area (Å²) in [7, 11) is 0. The molecule has 0 saturated carbocycles. The maximum absolute atomic E-state index is 12.0. The number of rotatable bonds is 6. The second kappa shape index (κ2) is 7.37. The molecule has 1 aromatic carbocycles. The van der Waals surface area contributed by atoms with Gasteiger partial charge in [0.2, 0.25) is 5.91 Å². The SMILES string of the molecule is Cc1cc(NC(=O)Cc2csc(C(N)Cc3ccccc3)n2)no1. The number of benzene rings is 1. The van der Waals surface area contributed by atoms with Gasteiger partial charge in [0.25, 0.3) is 0 Å². The van der Waals surface area contributed by atoms with Crippen molar-refractivity contribution >= 4 is 23.1 Å². The molecule has 0 radical (unpaired) electrons. The van der Waals surface area contributed by atoms with Crippen molar-refractivity contribution in [1.29, 1.82) is 0 Å². The number of carbonyl (C=O) groups is 1. The number of nitrogens with zero attached hydrogens (tertiary/aromatic N) is 2. The van der Waals surface area contributed by atoms with Gasteiger partial charge in [-0.15, -0.1) is 11.3 Å². The first-order chi connectivity index (χ1) is 11.6. The molecule has 0 aliphatic carbocycles. The molecule has 3 N–H and O–H groups in total. The van der Waals surface area contributed by atoms with Gasteiger partial charge < -0.3 is 15.6 Å². The van der Waals surface area contributed by atoms with Crippen molar-refractivity contribution in [2.75, 3.05) is 5.32 Å². The van der Waals surface area contributed by atoms with E-state index >= 15 is 0 Å². The second-order valence-corrected chi connectivity index (χ2v) is 6.41. The normalized spacial score (nSPS) is 12.1. The average Bonchev–Trinajstić information content (AvgIpc) is 3.17. The number of aryl methyl sites for hydroxylation is 1. The molecule has 0 saturated heterocycles. The number of thiazole rings is 1. The van der Waals surface area contributed by atoms with Gasteiger partial charge in [0.15, 0.2) is 5.82 Å². The highest BCUT2D eigenvalue weighted by Crippen LogP contribution is 2.20. The van der Waals surface area contributed by atoms with Crippen molar-refractivity contribution < 1.29 is 9.32 Å². The zero-order chi connectivity index (χ0) is 16.9. The second-order valence-electron chi connectivity index (χ2n) is 5.52. The van der Waals surface area contributed by atoms with Gasteiger partial charge in [-0.1, -0.05) is 35.5 Å². The van der Waals surface area contributed by atoms with Crippen LogP contribution >= 0.6 is 11.3 Å². The molecule has 2 aromatic heterocycles. The highest BCUT2D eigenvalue weighted by Gasteiger charge is 2.14. The molecule has 1 unspecified atom stereocenters. The number of hydrogen-bond donors (Lipinski definition) is 2. The van der Waals surface area contributed by atoms with Crippen LogP contribution in [0, 0.1) is 6.92 Å². The summed E-state index contributed by atoms with van der Waals surface area (Å²) in [6.45, 7) is 1.77. The molecule has 24 heavy (non-hydrogen) atoms. The summed E-state index contributed by atoms with van der Waals surface area (Å²) in [4.78, 5) is 16.5. The van der Waals surface area contributed by atoms with E-state index in [-0.39, 0.29) is 18.4 Å². The van der Waals surface area contributed by atoms with E-state index in [4.69, 9.17) is 10.3 Å². The van der Waals surface area contributed by atoms with E-state index in [1.807, 2.05) is 35.7 Å². The Morgan fingerprint density at radius 2 is 2.17 bits per heavy atom. The summed E-state index contributed by atoms with van der Waals surface area (Å²) in [5, 5.41) is 9.11. The Morgan fingerprint density at radius 3 is 2.88 bits per heavy atom. The number of hydrogen-bond acceptors (Lipinski definition) is 6. The van der Waals surface area contributed by atoms with Crippen LogP contribution < -0.4 is 11.1 Å². The number of anilines is 1. The average molecular weight is 342 g/mol. The van der Waals surface area contributed by atoms with Gasteiger partial charge in [-0.2, -0.15) is 0 Å². The van der Waals surface area contributed by atoms with E-state index in [2.05, 4.69) is 15.5 Å². The molecular weight excluding hydrogens is 324 g/mol. The van der Waals surface area contributed by atoms with Crippen LogP contribution in [0.15, 0.2) is 46.3 Å². The molecule has 0 spiro atoms. The molecule has 0 bridgehead atoms. The first-order valence-electron chi connectivity index (χ1n) is 7.57. The zero-order valence-corrected chi connectivity index (χ0v) is 14.0. The van der Waals surface area contributed by atoms with E-state index in [0.717, 1.165) is 11.4 Å². The fraction of sp³-hybridized carbons (Fsp3) is 0.235. The summed E-state index contributed by atoms with van der Waals surface area (Å²) in [5.74, 6) is 0.874. The van der Waals surface area contributed by atoms with Crippen LogP contribution in [0.4, 0.5) is 5.82 Å². The van der Waals surface area contributed by atoms with Crippen molar-refractivity contribution in [2.24, 2.45) is 5.73 Å². The minimum Gasteiger partial charge on any atom is -0.360 e. The van der Waals surface area contributed by atoms with Gasteiger partial charge >= 0.3 is 0 Å². The monoisotopic (exact) mass is 342 g/mol. The van der Waals surface area contributed by atoms with E-state index in [1.54, 1.807) is 13.0 Å². The van der Waals surface area contributed by atoms with Crippen LogP contribution in [-0.4, -0.2) is 16.0 Å². The lowest BCUT2D eigenvalue weighted by Crippen LogP contribution is -2.16. The molecule has 0 aliphatic heterocycles. The lowest BCUT2D eigenvalue weighted by Gasteiger charge is -2.08. The molecular formula is C17H18N4O2S. The molecule has 124 valence electrons. The number of carbonyl (C=O) groups excluding carboxylic acids is 1. The van der Waals surface area contributed by atoms with Crippen molar-refractivity contribution in [2.45, 2.75) is 25.8 Å². The number of amides is 1. The smallest absolute Gasteiger partial charge is 0.231 e. The summed E-state index contributed by atoms with van der Waals surface area (Å²) < 4.78 is 4.91. The Hall–Kier alpha value is -2.51. The van der Waals surface area contributed by atoms with Crippen LogP contribution in [-0.2, 0) is 17.6 Å². The van der Waals surface area contributed by atoms with Crippen molar-refractivity contribution in [3.05, 3.63) is 63.8 Å². The molecule has 3 aromatic rings. The van der Waals surface area contributed by atoms with Gasteiger partial charge in [-0.05, 0) is 18.9 Å². The Labute approximate surface area is 143 Å². The third-order valence-electron chi connectivity index (χ3n) is 3.42. The summed E-state index contributed by atoms with van der Waals surface area (Å²) in [6, 6.07) is 11.5. The van der Waals surface area contributed by atoms with Gasteiger partial charge in [-0.25, -0.2) is 4.98 Å². The fourth-order valence-electron chi connectivity index (χ4n) is 2.31. The Morgan fingerprint density at radius 1 is 1.38 bits per heavy atom. The van der Waals surface area contributed by atoms with E-state index in [9.17, 15) is 4.79 Å². The van der Waals surface area contributed by atoms with Gasteiger partial charge in [0.05, 0.1) is 18.2 Å². The Kier molecular flexibility index (Phi) is 5.02. The maximum Gasteiger partial charge on any atom is 0.231 e. The number of aromatic nitrogens is 2. The quantitative estimate of drug-likeness (QED) is 0.718. The number of nitrogens with two attached hydrogens (primary N) is 1. The third kappa shape index (κ3) is 4.27. The third-order valence-corrected chi connectivity index (χ3v) is 4.45. The highest BCUT2D eigenvalue weighted by atomic mass is 32.1. The molecule has 1 atom stereocenters. The van der Waals surface area contributed by atoms with E-state index < -0.39 is 0 Å². The molecule has 3 rings (SSSR count). The maximum atomic E-state index is 12.0. The fourth-order valence-corrected chi connectivity index (χ4v) is 3.13. The summed E-state index contributed by atoms with van der Waals surface area (Å²) >= 11 is 1.48. The number of nitrogens with one attached hydrogen (secondary N) is 1. The van der Waals surface area contributed by atoms with E-state index in [1.165, 1.54) is 16.9 Å². The lowest BCUT2D eigenvalue weighted by atomic mass is 10.1. The van der Waals surface area contributed by atoms with Crippen molar-refractivity contribution in [3.63, 3.8) is 0 Å². The van der Waals surface area contributed by atoms with Crippen LogP contribution in [0.3, 0.4) is 0 Å². The standard InChI is InChI=1S/C17H18N4O2S/c1-11-7-15(21-23-11)20-16(22)9-13-10-24-17(19-13)14(18)8-12-5-3-2-4-6-12/h2-7,10,14H,8-9,18H2,1H3,(H,20,21,22). The van der Waals surface area contributed by atoms with Crippen LogP contribution in [0.1, 0.15) is 28.1 Å². The minimum absolute atomic E-state index is 0.174. The van der Waals surface area contributed by atoms with Gasteiger partial charge in [0.1, 0.15) is 10.8 Å². The molecule has 7 heteroatoms. The lowest BCUT2D eigenvalue weighted by molar-refractivity contribution is -0.115. The van der Waals surface area contributed by atoms with Crippen LogP contribution in [0.5, 0.6) is 0 Å². The van der Waals surface area contributed by atoms with Crippen LogP contribution in [0.2, 0.25) is 0 Å². The zero-order valence-electron chi connectivity index (χ0n) is 13.2. The van der Waals surface area contributed by atoms with E-state index in [0.29, 0.717) is 17.3 Å². The summed E-state index contributed by atoms with van der Waals surface area (Å²) in [5.41, 5.74) is 8.09. The molecule has 0 aliphatic rings.